The van der Waals surface area contributed by atoms with Gasteiger partial charge in [-0.1, -0.05) is 0 Å². The molecule has 0 heterocycles. The van der Waals surface area contributed by atoms with Crippen LogP contribution >= 0.6 is 0 Å². The molecule has 1 fully saturated rings. The van der Waals surface area contributed by atoms with Gasteiger partial charge in [0, 0.05) is 6.04 Å². The molecule has 1 saturated carbocycles. The van der Waals surface area contributed by atoms with Crippen LogP contribution in [0.2, 0.25) is 0 Å². The van der Waals surface area contributed by atoms with Gasteiger partial charge in [-0.25, -0.2) is 13.1 Å². The van der Waals surface area contributed by atoms with Crippen LogP contribution in [-0.2, 0) is 21.0 Å². The second-order valence-electron chi connectivity index (χ2n) is 5.53. The number of aliphatic carboxylic acids is 1. The Kier molecular flexibility index (Phi) is 5.00. The summed E-state index contributed by atoms with van der Waals surface area (Å²) in [6, 6.07) is 2.85. The predicted molar refractivity (Wildman–Crippen MR) is 75.1 cm³/mol. The summed E-state index contributed by atoms with van der Waals surface area (Å²) in [5.41, 5.74) is -0.918. The van der Waals surface area contributed by atoms with Crippen LogP contribution in [0, 0.1) is 5.92 Å². The summed E-state index contributed by atoms with van der Waals surface area (Å²) < 4.78 is 64.2. The van der Waals surface area contributed by atoms with E-state index < -0.39 is 39.7 Å². The molecule has 1 aromatic carbocycles. The van der Waals surface area contributed by atoms with E-state index in [0.717, 1.165) is 24.3 Å². The summed E-state index contributed by atoms with van der Waals surface area (Å²) >= 11 is 0. The number of nitrogens with one attached hydrogen (secondary N) is 1. The zero-order chi connectivity index (χ0) is 17.3. The van der Waals surface area contributed by atoms with Gasteiger partial charge in [0.1, 0.15) is 0 Å². The van der Waals surface area contributed by atoms with Gasteiger partial charge in [-0.15, -0.1) is 0 Å². The van der Waals surface area contributed by atoms with Gasteiger partial charge in [0.05, 0.1) is 16.4 Å². The van der Waals surface area contributed by atoms with Crippen LogP contribution < -0.4 is 4.72 Å². The number of carboxylic acids is 1. The standard InChI is InChI=1S/C14H16F3NO4S/c15-14(16,17)10-3-7-12(8-4-10)23(21,22)18-11-5-1-9(2-6-11)13(19)20/h3-4,7-9,11,18H,1-2,5-6H2,(H,19,20)/t9-,11-. The summed E-state index contributed by atoms with van der Waals surface area (Å²) in [6.45, 7) is 0. The van der Waals surface area contributed by atoms with E-state index in [0.29, 0.717) is 25.7 Å². The van der Waals surface area contributed by atoms with Crippen molar-refractivity contribution in [3.8, 4) is 0 Å². The fraction of sp³-hybridized carbons (Fsp3) is 0.500. The minimum Gasteiger partial charge on any atom is -0.481 e. The average Bonchev–Trinajstić information content (AvgIpc) is 2.46. The summed E-state index contributed by atoms with van der Waals surface area (Å²) in [4.78, 5) is 10.6. The lowest BCUT2D eigenvalue weighted by Gasteiger charge is -2.26. The molecule has 0 saturated heterocycles. The van der Waals surface area contributed by atoms with Crippen molar-refractivity contribution in [2.75, 3.05) is 0 Å². The Labute approximate surface area is 131 Å². The number of rotatable bonds is 4. The molecular formula is C14H16F3NO4S. The van der Waals surface area contributed by atoms with Crippen LogP contribution in [0.5, 0.6) is 0 Å². The third-order valence-electron chi connectivity index (χ3n) is 3.89. The second kappa shape index (κ2) is 6.48. The van der Waals surface area contributed by atoms with E-state index in [2.05, 4.69) is 4.72 Å². The number of alkyl halides is 3. The molecule has 23 heavy (non-hydrogen) atoms. The first kappa shape index (κ1) is 17.7. The number of hydrogen-bond donors (Lipinski definition) is 2. The van der Waals surface area contributed by atoms with Gasteiger partial charge < -0.3 is 5.11 Å². The number of carboxylic acid groups (broad SMARTS) is 1. The highest BCUT2D eigenvalue weighted by Crippen LogP contribution is 2.30. The van der Waals surface area contributed by atoms with Crippen LogP contribution in [0.25, 0.3) is 0 Å². The number of benzene rings is 1. The maximum Gasteiger partial charge on any atom is 0.416 e. The second-order valence-corrected chi connectivity index (χ2v) is 7.24. The van der Waals surface area contributed by atoms with Crippen molar-refractivity contribution in [2.24, 2.45) is 5.92 Å². The molecule has 0 spiro atoms. The number of carbonyl (C=O) groups is 1. The molecular weight excluding hydrogens is 335 g/mol. The molecule has 0 aliphatic heterocycles. The van der Waals surface area contributed by atoms with Crippen LogP contribution in [0.3, 0.4) is 0 Å². The molecule has 5 nitrogen and oxygen atoms in total. The van der Waals surface area contributed by atoms with Crippen molar-refractivity contribution in [3.63, 3.8) is 0 Å². The first-order valence-electron chi connectivity index (χ1n) is 7.02. The molecule has 0 radical (unpaired) electrons. The quantitative estimate of drug-likeness (QED) is 0.873. The van der Waals surface area contributed by atoms with Crippen molar-refractivity contribution in [1.29, 1.82) is 0 Å². The fourth-order valence-electron chi connectivity index (χ4n) is 2.57. The third-order valence-corrected chi connectivity index (χ3v) is 5.43. The molecule has 0 bridgehead atoms. The highest BCUT2D eigenvalue weighted by Gasteiger charge is 2.32. The first-order valence-corrected chi connectivity index (χ1v) is 8.50. The Hall–Kier alpha value is -1.61. The lowest BCUT2D eigenvalue weighted by molar-refractivity contribution is -0.143. The molecule has 0 atom stereocenters. The first-order chi connectivity index (χ1) is 10.6. The normalized spacial score (nSPS) is 22.7. The molecule has 2 rings (SSSR count). The molecule has 2 N–H and O–H groups in total. The van der Waals surface area contributed by atoms with E-state index in [1.165, 1.54) is 0 Å². The Morgan fingerprint density at radius 2 is 1.61 bits per heavy atom. The SMILES string of the molecule is O=C(O)[C@H]1CC[C@H](NS(=O)(=O)c2ccc(C(F)(F)F)cc2)CC1. The van der Waals surface area contributed by atoms with E-state index in [1.54, 1.807) is 0 Å². The van der Waals surface area contributed by atoms with Gasteiger partial charge >= 0.3 is 12.1 Å². The molecule has 9 heteroatoms. The Morgan fingerprint density at radius 3 is 2.04 bits per heavy atom. The topological polar surface area (TPSA) is 83.5 Å². The molecule has 0 aromatic heterocycles. The minimum absolute atomic E-state index is 0.245. The highest BCUT2D eigenvalue weighted by atomic mass is 32.2. The summed E-state index contributed by atoms with van der Waals surface area (Å²) in [5, 5.41) is 8.90. The van der Waals surface area contributed by atoms with Crippen molar-refractivity contribution < 1.29 is 31.5 Å². The largest absolute Gasteiger partial charge is 0.481 e. The number of sulfonamides is 1. The lowest BCUT2D eigenvalue weighted by atomic mass is 9.87. The molecule has 1 aliphatic rings. The van der Waals surface area contributed by atoms with Crippen LogP contribution in [0.1, 0.15) is 31.2 Å². The molecule has 0 unspecified atom stereocenters. The zero-order valence-corrected chi connectivity index (χ0v) is 12.8. The summed E-state index contributed by atoms with van der Waals surface area (Å²) in [5.74, 6) is -1.36. The lowest BCUT2D eigenvalue weighted by Crippen LogP contribution is -2.38. The number of hydrogen-bond acceptors (Lipinski definition) is 3. The van der Waals surface area contributed by atoms with Gasteiger partial charge in [-0.3, -0.25) is 4.79 Å². The van der Waals surface area contributed by atoms with Gasteiger partial charge in [0.25, 0.3) is 0 Å². The van der Waals surface area contributed by atoms with Gasteiger partial charge in [0.15, 0.2) is 0 Å². The van der Waals surface area contributed by atoms with Crippen LogP contribution in [-0.4, -0.2) is 25.5 Å². The predicted octanol–water partition coefficient (Wildman–Crippen LogP) is 2.63. The van der Waals surface area contributed by atoms with E-state index in [4.69, 9.17) is 5.11 Å². The van der Waals surface area contributed by atoms with E-state index >= 15 is 0 Å². The zero-order valence-electron chi connectivity index (χ0n) is 12.0. The van der Waals surface area contributed by atoms with Crippen molar-refractivity contribution in [1.82, 2.24) is 4.72 Å². The number of halogens is 3. The molecule has 0 amide bonds. The fourth-order valence-corrected chi connectivity index (χ4v) is 3.87. The van der Waals surface area contributed by atoms with E-state index in [1.807, 2.05) is 0 Å². The van der Waals surface area contributed by atoms with Gasteiger partial charge in [-0.05, 0) is 49.9 Å². The Bertz CT molecular complexity index is 662. The molecule has 128 valence electrons. The summed E-state index contributed by atoms with van der Waals surface area (Å²) in [6.07, 6.45) is -3.01. The van der Waals surface area contributed by atoms with Crippen molar-refractivity contribution in [2.45, 2.75) is 42.8 Å². The highest BCUT2D eigenvalue weighted by molar-refractivity contribution is 7.89. The van der Waals surface area contributed by atoms with E-state index in [9.17, 15) is 26.4 Å². The Balaban J connectivity index is 2.04. The monoisotopic (exact) mass is 351 g/mol. The maximum absolute atomic E-state index is 12.5. The van der Waals surface area contributed by atoms with Gasteiger partial charge in [-0.2, -0.15) is 13.2 Å². The van der Waals surface area contributed by atoms with Crippen LogP contribution in [0.15, 0.2) is 29.2 Å². The minimum atomic E-state index is -4.52. The average molecular weight is 351 g/mol. The third kappa shape index (κ3) is 4.44. The van der Waals surface area contributed by atoms with E-state index in [-0.39, 0.29) is 4.90 Å². The van der Waals surface area contributed by atoms with Crippen molar-refractivity contribution >= 4 is 16.0 Å². The Morgan fingerprint density at radius 1 is 1.09 bits per heavy atom. The molecule has 1 aromatic rings. The van der Waals surface area contributed by atoms with Crippen LogP contribution in [0.4, 0.5) is 13.2 Å². The van der Waals surface area contributed by atoms with Gasteiger partial charge in [0.2, 0.25) is 10.0 Å². The maximum atomic E-state index is 12.5. The summed E-state index contributed by atoms with van der Waals surface area (Å²) in [7, 11) is -3.92. The van der Waals surface area contributed by atoms with Crippen molar-refractivity contribution in [3.05, 3.63) is 29.8 Å². The molecule has 1 aliphatic carbocycles. The smallest absolute Gasteiger partial charge is 0.416 e.